The molecule has 2 heterocycles. The molecule has 0 aliphatic heterocycles. The summed E-state index contributed by atoms with van der Waals surface area (Å²) in [6.45, 7) is 1.91. The lowest BCUT2D eigenvalue weighted by atomic mass is 10.4. The third-order valence-corrected chi connectivity index (χ3v) is 2.19. The third-order valence-electron chi connectivity index (χ3n) is 2.19. The Labute approximate surface area is 98.7 Å². The highest BCUT2D eigenvalue weighted by Crippen LogP contribution is 2.06. The Balaban J connectivity index is 2.27. The van der Waals surface area contributed by atoms with Crippen LogP contribution in [0.5, 0.6) is 0 Å². The van der Waals surface area contributed by atoms with Crippen molar-refractivity contribution in [3.63, 3.8) is 0 Å². The van der Waals surface area contributed by atoms with Gasteiger partial charge in [0, 0.05) is 18.9 Å². The number of nitrogens with zero attached hydrogens (tertiary/aromatic N) is 3. The predicted octanol–water partition coefficient (Wildman–Crippen LogP) is 0.440. The van der Waals surface area contributed by atoms with Gasteiger partial charge in [-0.05, 0) is 19.1 Å². The monoisotopic (exact) mass is 231 g/mol. The van der Waals surface area contributed by atoms with Crippen molar-refractivity contribution in [1.82, 2.24) is 25.4 Å². The standard InChI is InChI=1S/C11H13N5O/c1-8-4-3-5-10(14-8)16-6-9(13-7-16)11(17)15-12-2/h3-7,12H,1-2H3,(H,15,17). The van der Waals surface area contributed by atoms with Gasteiger partial charge in [0.05, 0.1) is 0 Å². The number of carbonyl (C=O) groups is 1. The molecule has 0 aromatic carbocycles. The molecule has 0 saturated carbocycles. The van der Waals surface area contributed by atoms with Crippen LogP contribution in [-0.2, 0) is 0 Å². The summed E-state index contributed by atoms with van der Waals surface area (Å²) < 4.78 is 1.71. The minimum absolute atomic E-state index is 0.279. The van der Waals surface area contributed by atoms with Crippen molar-refractivity contribution in [3.8, 4) is 5.82 Å². The first-order chi connectivity index (χ1) is 8.20. The quantitative estimate of drug-likeness (QED) is 0.752. The Morgan fingerprint density at radius 1 is 1.41 bits per heavy atom. The number of pyridine rings is 1. The van der Waals surface area contributed by atoms with E-state index in [9.17, 15) is 4.79 Å². The van der Waals surface area contributed by atoms with Gasteiger partial charge in [0.15, 0.2) is 0 Å². The fraction of sp³-hybridized carbons (Fsp3) is 0.182. The van der Waals surface area contributed by atoms with E-state index >= 15 is 0 Å². The van der Waals surface area contributed by atoms with Crippen LogP contribution in [0.4, 0.5) is 0 Å². The Bertz CT molecular complexity index is 534. The van der Waals surface area contributed by atoms with Gasteiger partial charge in [-0.25, -0.2) is 15.4 Å². The van der Waals surface area contributed by atoms with Crippen LogP contribution in [0.3, 0.4) is 0 Å². The number of hydrazine groups is 1. The molecule has 0 bridgehead atoms. The number of aromatic nitrogens is 3. The van der Waals surface area contributed by atoms with Crippen LogP contribution in [-0.4, -0.2) is 27.5 Å². The van der Waals surface area contributed by atoms with E-state index in [0.717, 1.165) is 11.5 Å². The summed E-state index contributed by atoms with van der Waals surface area (Å²) in [4.78, 5) is 19.8. The smallest absolute Gasteiger partial charge is 0.285 e. The fourth-order valence-corrected chi connectivity index (χ4v) is 1.42. The number of carbonyl (C=O) groups excluding carboxylic acids is 1. The van der Waals surface area contributed by atoms with Crippen LogP contribution in [0.15, 0.2) is 30.7 Å². The van der Waals surface area contributed by atoms with E-state index in [-0.39, 0.29) is 5.91 Å². The average molecular weight is 231 g/mol. The molecule has 0 unspecified atom stereocenters. The van der Waals surface area contributed by atoms with E-state index in [2.05, 4.69) is 20.8 Å². The SMILES string of the molecule is CNNC(=O)c1cn(-c2cccc(C)n2)cn1. The maximum atomic E-state index is 11.5. The maximum absolute atomic E-state index is 11.5. The van der Waals surface area contributed by atoms with Gasteiger partial charge in [-0.15, -0.1) is 0 Å². The van der Waals surface area contributed by atoms with Crippen LogP contribution in [0.2, 0.25) is 0 Å². The van der Waals surface area contributed by atoms with Crippen molar-refractivity contribution >= 4 is 5.91 Å². The van der Waals surface area contributed by atoms with Gasteiger partial charge in [0.1, 0.15) is 17.8 Å². The first-order valence-corrected chi connectivity index (χ1v) is 5.16. The topological polar surface area (TPSA) is 71.8 Å². The predicted molar refractivity (Wildman–Crippen MR) is 62.6 cm³/mol. The van der Waals surface area contributed by atoms with E-state index in [4.69, 9.17) is 0 Å². The molecule has 0 saturated heterocycles. The van der Waals surface area contributed by atoms with Gasteiger partial charge in [-0.3, -0.25) is 14.8 Å². The van der Waals surface area contributed by atoms with E-state index in [1.54, 1.807) is 24.1 Å². The largest absolute Gasteiger partial charge is 0.290 e. The molecule has 0 aliphatic carbocycles. The molecule has 0 fully saturated rings. The molecule has 2 aromatic heterocycles. The molecule has 17 heavy (non-hydrogen) atoms. The summed E-state index contributed by atoms with van der Waals surface area (Å²) in [5, 5.41) is 0. The molecular weight excluding hydrogens is 218 g/mol. The van der Waals surface area contributed by atoms with Crippen LogP contribution in [0, 0.1) is 6.92 Å². The Morgan fingerprint density at radius 3 is 2.94 bits per heavy atom. The molecule has 0 aliphatic rings. The highest BCUT2D eigenvalue weighted by Gasteiger charge is 2.09. The second-order valence-electron chi connectivity index (χ2n) is 3.51. The maximum Gasteiger partial charge on any atom is 0.285 e. The van der Waals surface area contributed by atoms with E-state index in [0.29, 0.717) is 5.69 Å². The lowest BCUT2D eigenvalue weighted by molar-refractivity contribution is 0.0933. The molecule has 2 N–H and O–H groups in total. The normalized spacial score (nSPS) is 10.2. The van der Waals surface area contributed by atoms with Crippen LogP contribution >= 0.6 is 0 Å². The molecule has 0 radical (unpaired) electrons. The zero-order valence-corrected chi connectivity index (χ0v) is 9.64. The number of rotatable bonds is 3. The van der Waals surface area contributed by atoms with Crippen molar-refractivity contribution in [3.05, 3.63) is 42.1 Å². The van der Waals surface area contributed by atoms with Gasteiger partial charge in [-0.1, -0.05) is 6.07 Å². The zero-order valence-electron chi connectivity index (χ0n) is 9.64. The van der Waals surface area contributed by atoms with Crippen molar-refractivity contribution < 1.29 is 4.79 Å². The number of nitrogens with one attached hydrogen (secondary N) is 2. The molecule has 2 aromatic rings. The van der Waals surface area contributed by atoms with Gasteiger partial charge in [0.2, 0.25) is 0 Å². The first kappa shape index (κ1) is 11.3. The third kappa shape index (κ3) is 2.48. The van der Waals surface area contributed by atoms with Gasteiger partial charge >= 0.3 is 0 Å². The molecule has 88 valence electrons. The average Bonchev–Trinajstić information content (AvgIpc) is 2.78. The fourth-order valence-electron chi connectivity index (χ4n) is 1.42. The summed E-state index contributed by atoms with van der Waals surface area (Å²) in [5.74, 6) is 0.458. The number of imidazole rings is 1. The first-order valence-electron chi connectivity index (χ1n) is 5.16. The van der Waals surface area contributed by atoms with E-state index < -0.39 is 0 Å². The van der Waals surface area contributed by atoms with Crippen molar-refractivity contribution in [2.24, 2.45) is 0 Å². The van der Waals surface area contributed by atoms with Crippen LogP contribution in [0.1, 0.15) is 16.2 Å². The molecule has 2 rings (SSSR count). The molecule has 6 nitrogen and oxygen atoms in total. The van der Waals surface area contributed by atoms with Crippen molar-refractivity contribution in [2.45, 2.75) is 6.92 Å². The zero-order chi connectivity index (χ0) is 12.3. The molecule has 0 spiro atoms. The minimum atomic E-state index is -0.279. The summed E-state index contributed by atoms with van der Waals surface area (Å²) in [7, 11) is 1.62. The summed E-state index contributed by atoms with van der Waals surface area (Å²) in [5.41, 5.74) is 6.26. The second kappa shape index (κ2) is 4.75. The molecule has 6 heteroatoms. The van der Waals surface area contributed by atoms with E-state index in [1.807, 2.05) is 25.1 Å². The van der Waals surface area contributed by atoms with Crippen LogP contribution < -0.4 is 10.9 Å². The van der Waals surface area contributed by atoms with Gasteiger partial charge in [-0.2, -0.15) is 0 Å². The lowest BCUT2D eigenvalue weighted by Crippen LogP contribution is -2.34. The lowest BCUT2D eigenvalue weighted by Gasteiger charge is -2.01. The van der Waals surface area contributed by atoms with Crippen molar-refractivity contribution in [2.75, 3.05) is 7.05 Å². The van der Waals surface area contributed by atoms with Crippen molar-refractivity contribution in [1.29, 1.82) is 0 Å². The highest BCUT2D eigenvalue weighted by atomic mass is 16.2. The Hall–Kier alpha value is -2.21. The summed E-state index contributed by atoms with van der Waals surface area (Å²) >= 11 is 0. The molecule has 1 amide bonds. The molecule has 0 atom stereocenters. The second-order valence-corrected chi connectivity index (χ2v) is 3.51. The van der Waals surface area contributed by atoms with Crippen LogP contribution in [0.25, 0.3) is 5.82 Å². The number of hydrogen-bond acceptors (Lipinski definition) is 4. The summed E-state index contributed by atoms with van der Waals surface area (Å²) in [6, 6.07) is 5.68. The number of hydrogen-bond donors (Lipinski definition) is 2. The summed E-state index contributed by atoms with van der Waals surface area (Å²) in [6.07, 6.45) is 3.20. The molecular formula is C11H13N5O. The minimum Gasteiger partial charge on any atom is -0.290 e. The number of aryl methyl sites for hydroxylation is 1. The number of amides is 1. The Morgan fingerprint density at radius 2 is 2.24 bits per heavy atom. The Kier molecular flexibility index (Phi) is 3.15. The van der Waals surface area contributed by atoms with Gasteiger partial charge < -0.3 is 0 Å². The van der Waals surface area contributed by atoms with E-state index in [1.165, 1.54) is 0 Å². The highest BCUT2D eigenvalue weighted by molar-refractivity contribution is 5.91. The van der Waals surface area contributed by atoms with Gasteiger partial charge in [0.25, 0.3) is 5.91 Å².